The molecule has 0 radical (unpaired) electrons. The Morgan fingerprint density at radius 2 is 0.833 bits per heavy atom. The molecule has 0 amide bonds. The molecule has 0 saturated heterocycles. The first-order valence-electron chi connectivity index (χ1n) is 0.577. The first-order valence-corrected chi connectivity index (χ1v) is 4.73. The quantitative estimate of drug-likeness (QED) is 0.530. The molecule has 0 saturated carbocycles. The molecule has 0 spiro atoms. The molecule has 0 fully saturated rings. The van der Waals surface area contributed by atoms with Crippen molar-refractivity contribution in [2.24, 2.45) is 0 Å². The average Bonchev–Trinajstić information content (AvgIpc) is 0.722. The van der Waals surface area contributed by atoms with Gasteiger partial charge in [-0.25, -0.2) is 0 Å². The van der Waals surface area contributed by atoms with E-state index in [4.69, 9.17) is 14.2 Å². The first kappa shape index (κ1) is 10.5. The van der Waals surface area contributed by atoms with Crippen molar-refractivity contribution in [2.75, 3.05) is 0 Å². The Hall–Kier alpha value is 1.47. The molecule has 0 bridgehead atoms. The van der Waals surface area contributed by atoms with Crippen LogP contribution in [-0.4, -0.2) is 51.4 Å². The third kappa shape index (κ3) is 50.5. The van der Waals surface area contributed by atoms with Crippen LogP contribution in [0, 0.1) is 0 Å². The van der Waals surface area contributed by atoms with Gasteiger partial charge < -0.3 is 0 Å². The van der Waals surface area contributed by atoms with Gasteiger partial charge in [0.05, 0.1) is 0 Å². The van der Waals surface area contributed by atoms with Gasteiger partial charge in [0.1, 0.15) is 0 Å². The van der Waals surface area contributed by atoms with Gasteiger partial charge in [-0.1, -0.05) is 0 Å². The SMILES string of the molecule is [KH].[O]=[Os](=[O])(=[O])=[O]. The van der Waals surface area contributed by atoms with Gasteiger partial charge in [-0.15, -0.1) is 0 Å². The Bertz CT molecular complexity index is 159. The van der Waals surface area contributed by atoms with E-state index in [2.05, 4.69) is 0 Å². The van der Waals surface area contributed by atoms with Crippen LogP contribution in [0.3, 0.4) is 0 Å². The maximum atomic E-state index is 8.63. The van der Waals surface area contributed by atoms with Gasteiger partial charge in [-0.05, 0) is 0 Å². The molecule has 0 aromatic carbocycles. The molecule has 0 unspecified atom stereocenters. The molecule has 4 nitrogen and oxygen atoms in total. The molecular formula is HKO4Os. The van der Waals surface area contributed by atoms with Crippen molar-refractivity contribution in [3.05, 3.63) is 0 Å². The molecule has 0 atom stereocenters. The molecule has 0 aliphatic rings. The van der Waals surface area contributed by atoms with Crippen molar-refractivity contribution in [1.82, 2.24) is 0 Å². The summed E-state index contributed by atoms with van der Waals surface area (Å²) in [5.41, 5.74) is 0. The summed E-state index contributed by atoms with van der Waals surface area (Å²) < 4.78 is 34.5. The monoisotopic (exact) mass is 296 g/mol. The Morgan fingerprint density at radius 3 is 0.833 bits per heavy atom. The standard InChI is InChI=1S/K.4O.Os.H. The van der Waals surface area contributed by atoms with E-state index in [0.29, 0.717) is 0 Å². The Labute approximate surface area is 78.7 Å². The van der Waals surface area contributed by atoms with Gasteiger partial charge in [-0.2, -0.15) is 0 Å². The van der Waals surface area contributed by atoms with Crippen molar-refractivity contribution < 1.29 is 29.0 Å². The van der Waals surface area contributed by atoms with E-state index < -0.39 is 14.8 Å². The summed E-state index contributed by atoms with van der Waals surface area (Å²) in [6, 6.07) is 0. The van der Waals surface area contributed by atoms with Gasteiger partial charge >= 0.3 is 80.4 Å². The van der Waals surface area contributed by atoms with Crippen LogP contribution in [-0.2, 0) is 29.0 Å². The van der Waals surface area contributed by atoms with Crippen LogP contribution in [0.25, 0.3) is 0 Å². The zero-order valence-corrected chi connectivity index (χ0v) is 4.53. The third-order valence-corrected chi connectivity index (χ3v) is 0. The number of rotatable bonds is 0. The molecule has 0 N–H and O–H groups in total. The van der Waals surface area contributed by atoms with Crippen molar-refractivity contribution in [2.45, 2.75) is 0 Å². The van der Waals surface area contributed by atoms with E-state index in [9.17, 15) is 0 Å². The van der Waals surface area contributed by atoms with E-state index in [1.54, 1.807) is 0 Å². The molecule has 0 heterocycles. The Kier molecular flexibility index (Phi) is 6.05. The van der Waals surface area contributed by atoms with Crippen molar-refractivity contribution in [1.29, 1.82) is 0 Å². The second kappa shape index (κ2) is 3.47. The fourth-order valence-corrected chi connectivity index (χ4v) is 0. The topological polar surface area (TPSA) is 68.3 Å². The predicted molar refractivity (Wildman–Crippen MR) is 9.89 cm³/mol. The summed E-state index contributed by atoms with van der Waals surface area (Å²) >= 11 is -6.06. The van der Waals surface area contributed by atoms with Gasteiger partial charge in [0.15, 0.2) is 0 Å². The molecule has 6 heteroatoms. The zero-order valence-electron chi connectivity index (χ0n) is 1.99. The van der Waals surface area contributed by atoms with E-state index >= 15 is 0 Å². The molecular weight excluding hydrogens is 293 g/mol. The van der Waals surface area contributed by atoms with Crippen LogP contribution in [0.2, 0.25) is 0 Å². The van der Waals surface area contributed by atoms with E-state index in [0.717, 1.165) is 0 Å². The van der Waals surface area contributed by atoms with E-state index in [1.807, 2.05) is 0 Å². The summed E-state index contributed by atoms with van der Waals surface area (Å²) in [6.45, 7) is 0. The van der Waals surface area contributed by atoms with Crippen LogP contribution in [0.5, 0.6) is 0 Å². The number of hydrogen-bond donors (Lipinski definition) is 0. The van der Waals surface area contributed by atoms with Crippen LogP contribution in [0.1, 0.15) is 0 Å². The van der Waals surface area contributed by atoms with Crippen molar-refractivity contribution in [3.8, 4) is 0 Å². The third-order valence-electron chi connectivity index (χ3n) is 0. The normalized spacial score (nSPS) is 9.33. The van der Waals surface area contributed by atoms with Gasteiger partial charge in [0.25, 0.3) is 0 Å². The molecule has 0 aliphatic carbocycles. The van der Waals surface area contributed by atoms with Crippen LogP contribution < -0.4 is 0 Å². The summed E-state index contributed by atoms with van der Waals surface area (Å²) in [7, 11) is 0. The first-order chi connectivity index (χ1) is 2.00. The van der Waals surface area contributed by atoms with E-state index in [1.165, 1.54) is 0 Å². The average molecular weight is 294 g/mol. The minimum atomic E-state index is -6.06. The maximum absolute atomic E-state index is 8.63. The molecule has 0 aliphatic heterocycles. The van der Waals surface area contributed by atoms with Crippen molar-refractivity contribution in [3.63, 3.8) is 0 Å². The second-order valence-electron chi connectivity index (χ2n) is 0.354. The Morgan fingerprint density at radius 1 is 0.833 bits per heavy atom. The second-order valence-corrected chi connectivity index (χ2v) is 2.89. The van der Waals surface area contributed by atoms with Crippen LogP contribution in [0.4, 0.5) is 0 Å². The van der Waals surface area contributed by atoms with Crippen molar-refractivity contribution >= 4 is 51.4 Å². The summed E-state index contributed by atoms with van der Waals surface area (Å²) in [5, 5.41) is 0. The predicted octanol–water partition coefficient (Wildman–Crippen LogP) is -1.13. The summed E-state index contributed by atoms with van der Waals surface area (Å²) in [6.07, 6.45) is 0. The fourth-order valence-electron chi connectivity index (χ4n) is 0. The van der Waals surface area contributed by atoms with Crippen LogP contribution >= 0.6 is 0 Å². The summed E-state index contributed by atoms with van der Waals surface area (Å²) in [5.74, 6) is 0. The molecule has 0 aromatic rings. The van der Waals surface area contributed by atoms with Gasteiger partial charge in [-0.3, -0.25) is 0 Å². The molecule has 0 rings (SSSR count). The van der Waals surface area contributed by atoms with Gasteiger partial charge in [0.2, 0.25) is 0 Å². The zero-order chi connectivity index (χ0) is 4.50. The Balaban J connectivity index is 0. The molecule has 0 aromatic heterocycles. The summed E-state index contributed by atoms with van der Waals surface area (Å²) in [4.78, 5) is 0. The number of hydrogen-bond acceptors (Lipinski definition) is 4. The van der Waals surface area contributed by atoms with Gasteiger partial charge in [0, 0.05) is 0 Å². The molecule has 34 valence electrons. The minimum absolute atomic E-state index is 0. The van der Waals surface area contributed by atoms with Crippen LogP contribution in [0.15, 0.2) is 0 Å². The molecule has 6 heavy (non-hydrogen) atoms. The fraction of sp³-hybridized carbons (Fsp3) is 0. The van der Waals surface area contributed by atoms with E-state index in [-0.39, 0.29) is 51.4 Å².